The van der Waals surface area contributed by atoms with Crippen LogP contribution in [0.2, 0.25) is 0 Å². The van der Waals surface area contributed by atoms with Crippen molar-refractivity contribution >= 4 is 27.4 Å². The van der Waals surface area contributed by atoms with E-state index in [1.807, 2.05) is 6.07 Å². The minimum absolute atomic E-state index is 0.564. The van der Waals surface area contributed by atoms with Gasteiger partial charge >= 0.3 is 5.97 Å². The number of carboxylic acids is 1. The molecule has 0 saturated heterocycles. The monoisotopic (exact) mass is 262 g/mol. The molecule has 1 aromatic carbocycles. The molecule has 0 atom stereocenters. The molecule has 0 radical (unpaired) electrons. The molecule has 1 heterocycles. The first-order valence-corrected chi connectivity index (χ1v) is 6.85. The number of fused-ring (bicyclic) bond motifs is 1. The highest BCUT2D eigenvalue weighted by atomic mass is 32.1. The van der Waals surface area contributed by atoms with Crippen molar-refractivity contribution in [2.45, 2.75) is 34.1 Å². The lowest BCUT2D eigenvalue weighted by molar-refractivity contribution is -0.146. The summed E-state index contributed by atoms with van der Waals surface area (Å²) < 4.78 is 1.25. The third kappa shape index (κ3) is 2.27. The van der Waals surface area contributed by atoms with Crippen LogP contribution < -0.4 is 0 Å². The van der Waals surface area contributed by atoms with Crippen LogP contribution in [0.25, 0.3) is 10.1 Å². The molecule has 0 saturated carbocycles. The van der Waals surface area contributed by atoms with E-state index in [1.165, 1.54) is 20.5 Å². The number of carbonyl (C=O) groups is 1. The fraction of sp³-hybridized carbons (Fsp3) is 0.400. The molecule has 0 aliphatic carbocycles. The van der Waals surface area contributed by atoms with Gasteiger partial charge in [-0.15, -0.1) is 11.3 Å². The lowest BCUT2D eigenvalue weighted by Crippen LogP contribution is -2.26. The van der Waals surface area contributed by atoms with Gasteiger partial charge in [0, 0.05) is 9.58 Å². The van der Waals surface area contributed by atoms with Crippen molar-refractivity contribution < 1.29 is 9.90 Å². The van der Waals surface area contributed by atoms with Crippen LogP contribution in [0.1, 0.15) is 29.9 Å². The van der Waals surface area contributed by atoms with E-state index in [0.29, 0.717) is 6.42 Å². The van der Waals surface area contributed by atoms with Gasteiger partial charge in [-0.2, -0.15) is 0 Å². The van der Waals surface area contributed by atoms with E-state index in [9.17, 15) is 4.79 Å². The number of rotatable bonds is 3. The van der Waals surface area contributed by atoms with Crippen LogP contribution >= 0.6 is 11.3 Å². The van der Waals surface area contributed by atoms with Crippen molar-refractivity contribution in [1.29, 1.82) is 0 Å². The Kier molecular flexibility index (Phi) is 3.20. The maximum absolute atomic E-state index is 11.1. The average molecular weight is 262 g/mol. The molecule has 2 nitrogen and oxygen atoms in total. The Morgan fingerprint density at radius 3 is 2.61 bits per heavy atom. The molecule has 3 heteroatoms. The van der Waals surface area contributed by atoms with Crippen molar-refractivity contribution in [2.75, 3.05) is 0 Å². The number of aliphatic carboxylic acids is 1. The van der Waals surface area contributed by atoms with Gasteiger partial charge in [-0.3, -0.25) is 4.79 Å². The van der Waals surface area contributed by atoms with E-state index >= 15 is 0 Å². The quantitative estimate of drug-likeness (QED) is 0.901. The molecule has 1 N–H and O–H groups in total. The summed E-state index contributed by atoms with van der Waals surface area (Å²) in [7, 11) is 0. The SMILES string of the molecule is Cc1sc2cc(CC(C)(C)C(=O)O)ccc2c1C. The van der Waals surface area contributed by atoms with Gasteiger partial charge in [0.15, 0.2) is 0 Å². The zero-order valence-electron chi connectivity index (χ0n) is 11.2. The zero-order valence-corrected chi connectivity index (χ0v) is 12.0. The highest BCUT2D eigenvalue weighted by Gasteiger charge is 2.27. The minimum Gasteiger partial charge on any atom is -0.481 e. The largest absolute Gasteiger partial charge is 0.481 e. The smallest absolute Gasteiger partial charge is 0.309 e. The van der Waals surface area contributed by atoms with Gasteiger partial charge in [0.1, 0.15) is 0 Å². The topological polar surface area (TPSA) is 37.3 Å². The molecule has 1 aromatic heterocycles. The van der Waals surface area contributed by atoms with Crippen LogP contribution in [0.15, 0.2) is 18.2 Å². The lowest BCUT2D eigenvalue weighted by atomic mass is 9.86. The third-order valence-electron chi connectivity index (χ3n) is 3.47. The van der Waals surface area contributed by atoms with Crippen LogP contribution in [0, 0.1) is 19.3 Å². The third-order valence-corrected chi connectivity index (χ3v) is 4.64. The Bertz CT molecular complexity index is 608. The molecule has 0 spiro atoms. The second-order valence-electron chi connectivity index (χ2n) is 5.48. The van der Waals surface area contributed by atoms with Crippen molar-refractivity contribution in [3.8, 4) is 0 Å². The number of thiophene rings is 1. The number of carboxylic acid groups (broad SMARTS) is 1. The molecule has 0 fully saturated rings. The van der Waals surface area contributed by atoms with E-state index in [0.717, 1.165) is 5.56 Å². The first-order chi connectivity index (χ1) is 8.31. The lowest BCUT2D eigenvalue weighted by Gasteiger charge is -2.18. The standard InChI is InChI=1S/C15H18O2S/c1-9-10(2)18-13-7-11(5-6-12(9)13)8-15(3,4)14(16)17/h5-7H,8H2,1-4H3,(H,16,17). The summed E-state index contributed by atoms with van der Waals surface area (Å²) in [6.07, 6.45) is 0.564. The summed E-state index contributed by atoms with van der Waals surface area (Å²) in [5, 5.41) is 10.5. The molecule has 0 aliphatic rings. The average Bonchev–Trinajstić information content (AvgIpc) is 2.53. The van der Waals surface area contributed by atoms with E-state index < -0.39 is 11.4 Å². The van der Waals surface area contributed by atoms with Crippen LogP contribution in [-0.2, 0) is 11.2 Å². The molecule has 0 aliphatic heterocycles. The second kappa shape index (κ2) is 4.39. The summed E-state index contributed by atoms with van der Waals surface area (Å²) in [6, 6.07) is 6.29. The van der Waals surface area contributed by atoms with Crippen molar-refractivity contribution in [1.82, 2.24) is 0 Å². The highest BCUT2D eigenvalue weighted by molar-refractivity contribution is 7.19. The Hall–Kier alpha value is -1.35. The van der Waals surface area contributed by atoms with Crippen LogP contribution in [0.5, 0.6) is 0 Å². The minimum atomic E-state index is -0.749. The Labute approximate surface area is 111 Å². The number of aryl methyl sites for hydroxylation is 2. The summed E-state index contributed by atoms with van der Waals surface area (Å²) in [6.45, 7) is 7.80. The van der Waals surface area contributed by atoms with Crippen molar-refractivity contribution in [2.24, 2.45) is 5.41 Å². The maximum Gasteiger partial charge on any atom is 0.309 e. The Morgan fingerprint density at radius 2 is 2.00 bits per heavy atom. The predicted octanol–water partition coefficient (Wildman–Crippen LogP) is 4.17. The molecule has 0 bridgehead atoms. The van der Waals surface area contributed by atoms with Crippen molar-refractivity contribution in [3.63, 3.8) is 0 Å². The predicted molar refractivity (Wildman–Crippen MR) is 76.4 cm³/mol. The molecule has 0 amide bonds. The fourth-order valence-electron chi connectivity index (χ4n) is 2.09. The number of hydrogen-bond donors (Lipinski definition) is 1. The summed E-state index contributed by atoms with van der Waals surface area (Å²) in [4.78, 5) is 12.5. The molecule has 18 heavy (non-hydrogen) atoms. The van der Waals surface area contributed by atoms with Crippen LogP contribution in [0.4, 0.5) is 0 Å². The Morgan fingerprint density at radius 1 is 1.33 bits per heavy atom. The summed E-state index contributed by atoms with van der Waals surface area (Å²) in [5.74, 6) is -0.749. The molecule has 96 valence electrons. The van der Waals surface area contributed by atoms with Gasteiger partial charge in [0.2, 0.25) is 0 Å². The molecular formula is C15H18O2S. The highest BCUT2D eigenvalue weighted by Crippen LogP contribution is 2.32. The number of hydrogen-bond acceptors (Lipinski definition) is 2. The van der Waals surface area contributed by atoms with Crippen molar-refractivity contribution in [3.05, 3.63) is 34.2 Å². The fourth-order valence-corrected chi connectivity index (χ4v) is 3.22. The Balaban J connectivity index is 2.39. The van der Waals surface area contributed by atoms with Gasteiger partial charge < -0.3 is 5.11 Å². The van der Waals surface area contributed by atoms with Gasteiger partial charge in [-0.05, 0) is 56.7 Å². The van der Waals surface area contributed by atoms with E-state index in [1.54, 1.807) is 25.2 Å². The molecule has 0 unspecified atom stereocenters. The van der Waals surface area contributed by atoms with E-state index in [4.69, 9.17) is 5.11 Å². The van der Waals surface area contributed by atoms with Gasteiger partial charge in [0.25, 0.3) is 0 Å². The maximum atomic E-state index is 11.1. The summed E-state index contributed by atoms with van der Waals surface area (Å²) >= 11 is 1.78. The van der Waals surface area contributed by atoms with Gasteiger partial charge in [-0.25, -0.2) is 0 Å². The van der Waals surface area contributed by atoms with E-state index in [-0.39, 0.29) is 0 Å². The van der Waals surface area contributed by atoms with Gasteiger partial charge in [-0.1, -0.05) is 12.1 Å². The van der Waals surface area contributed by atoms with E-state index in [2.05, 4.69) is 26.0 Å². The first-order valence-electron chi connectivity index (χ1n) is 6.03. The molecule has 2 rings (SSSR count). The van der Waals surface area contributed by atoms with Crippen LogP contribution in [-0.4, -0.2) is 11.1 Å². The summed E-state index contributed by atoms with van der Waals surface area (Å²) in [5.41, 5.74) is 1.71. The molecular weight excluding hydrogens is 244 g/mol. The first kappa shape index (κ1) is 13.1. The zero-order chi connectivity index (χ0) is 13.5. The van der Waals surface area contributed by atoms with Crippen LogP contribution in [0.3, 0.4) is 0 Å². The number of benzene rings is 1. The molecule has 2 aromatic rings. The van der Waals surface area contributed by atoms with Gasteiger partial charge in [0.05, 0.1) is 5.41 Å². The second-order valence-corrected chi connectivity index (χ2v) is 6.74. The normalized spacial score (nSPS) is 12.0.